The molecule has 0 aromatic heterocycles. The number of hydrogen-bond donors (Lipinski definition) is 1. The summed E-state index contributed by atoms with van der Waals surface area (Å²) in [6, 6.07) is 0. The summed E-state index contributed by atoms with van der Waals surface area (Å²) in [6.45, 7) is 9.80. The molecule has 0 saturated heterocycles. The number of rotatable bonds is 2. The fourth-order valence-corrected chi connectivity index (χ4v) is 5.05. The summed E-state index contributed by atoms with van der Waals surface area (Å²) in [5.41, 5.74) is 1.40. The van der Waals surface area contributed by atoms with Gasteiger partial charge >= 0.3 is 0 Å². The standard InChI is InChI=1S/C13H25N.ClH/c1-6-13(14-5)11(2,3)10-7-8-12(13,4)9-10;/h10,14H,6-9H2,1-5H3;1H. The van der Waals surface area contributed by atoms with Crippen LogP contribution in [-0.2, 0) is 0 Å². The van der Waals surface area contributed by atoms with E-state index in [4.69, 9.17) is 0 Å². The van der Waals surface area contributed by atoms with Crippen LogP contribution in [0.3, 0.4) is 0 Å². The van der Waals surface area contributed by atoms with E-state index in [1.807, 2.05) is 0 Å². The Balaban J connectivity index is 0.00000112. The maximum atomic E-state index is 3.69. The Morgan fingerprint density at radius 2 is 1.87 bits per heavy atom. The minimum Gasteiger partial charge on any atom is -0.313 e. The molecule has 3 unspecified atom stereocenters. The molecule has 2 heteroatoms. The van der Waals surface area contributed by atoms with Crippen LogP contribution in [0.4, 0.5) is 0 Å². The third-order valence-electron chi connectivity index (χ3n) is 5.85. The Bertz CT molecular complexity index is 238. The number of hydrogen-bond acceptors (Lipinski definition) is 1. The quantitative estimate of drug-likeness (QED) is 0.766. The summed E-state index contributed by atoms with van der Waals surface area (Å²) in [4.78, 5) is 0. The molecule has 0 radical (unpaired) electrons. The topological polar surface area (TPSA) is 12.0 Å². The minimum atomic E-state index is 0. The monoisotopic (exact) mass is 231 g/mol. The van der Waals surface area contributed by atoms with E-state index in [1.54, 1.807) is 0 Å². The van der Waals surface area contributed by atoms with Crippen LogP contribution in [0.15, 0.2) is 0 Å². The summed E-state index contributed by atoms with van der Waals surface area (Å²) in [5.74, 6) is 0.944. The van der Waals surface area contributed by atoms with Crippen LogP contribution in [-0.4, -0.2) is 12.6 Å². The first-order valence-electron chi connectivity index (χ1n) is 6.12. The van der Waals surface area contributed by atoms with Gasteiger partial charge in [0.15, 0.2) is 0 Å². The number of fused-ring (bicyclic) bond motifs is 2. The Kier molecular flexibility index (Phi) is 3.22. The average molecular weight is 232 g/mol. The molecule has 0 amide bonds. The third kappa shape index (κ3) is 1.26. The van der Waals surface area contributed by atoms with Crippen molar-refractivity contribution in [2.24, 2.45) is 16.7 Å². The first-order chi connectivity index (χ1) is 6.43. The Morgan fingerprint density at radius 3 is 2.13 bits per heavy atom. The molecule has 2 aliphatic rings. The van der Waals surface area contributed by atoms with Gasteiger partial charge in [0, 0.05) is 5.54 Å². The van der Waals surface area contributed by atoms with Crippen molar-refractivity contribution in [1.82, 2.24) is 5.32 Å². The smallest absolute Gasteiger partial charge is 0.0283 e. The van der Waals surface area contributed by atoms with E-state index in [0.717, 1.165) is 5.92 Å². The van der Waals surface area contributed by atoms with E-state index in [0.29, 0.717) is 16.4 Å². The van der Waals surface area contributed by atoms with Gasteiger partial charge in [-0.2, -0.15) is 0 Å². The van der Waals surface area contributed by atoms with Crippen LogP contribution < -0.4 is 5.32 Å². The highest BCUT2D eigenvalue weighted by Gasteiger charge is 2.67. The minimum absolute atomic E-state index is 0. The van der Waals surface area contributed by atoms with Crippen LogP contribution >= 0.6 is 12.4 Å². The zero-order valence-electron chi connectivity index (χ0n) is 10.8. The third-order valence-corrected chi connectivity index (χ3v) is 5.85. The van der Waals surface area contributed by atoms with Crippen molar-refractivity contribution in [3.63, 3.8) is 0 Å². The maximum Gasteiger partial charge on any atom is 0.0283 e. The lowest BCUT2D eigenvalue weighted by Gasteiger charge is -2.54. The van der Waals surface area contributed by atoms with Crippen molar-refractivity contribution >= 4 is 12.4 Å². The predicted molar refractivity (Wildman–Crippen MR) is 68.6 cm³/mol. The highest BCUT2D eigenvalue weighted by Crippen LogP contribution is 2.68. The molecule has 0 aromatic rings. The highest BCUT2D eigenvalue weighted by molar-refractivity contribution is 5.85. The molecule has 90 valence electrons. The Labute approximate surface area is 101 Å². The highest BCUT2D eigenvalue weighted by atomic mass is 35.5. The van der Waals surface area contributed by atoms with E-state index in [2.05, 4.69) is 40.1 Å². The largest absolute Gasteiger partial charge is 0.313 e. The molecule has 2 fully saturated rings. The van der Waals surface area contributed by atoms with E-state index >= 15 is 0 Å². The lowest BCUT2D eigenvalue weighted by molar-refractivity contribution is 0.00735. The van der Waals surface area contributed by atoms with Gasteiger partial charge in [-0.25, -0.2) is 0 Å². The first kappa shape index (κ1) is 13.3. The van der Waals surface area contributed by atoms with Gasteiger partial charge in [0.2, 0.25) is 0 Å². The Hall–Kier alpha value is 0.250. The molecule has 0 aromatic carbocycles. The van der Waals surface area contributed by atoms with Crippen molar-refractivity contribution in [2.75, 3.05) is 7.05 Å². The second-order valence-electron chi connectivity index (χ2n) is 6.23. The fourth-order valence-electron chi connectivity index (χ4n) is 5.05. The summed E-state index contributed by atoms with van der Waals surface area (Å²) in [6.07, 6.45) is 5.58. The van der Waals surface area contributed by atoms with Crippen molar-refractivity contribution in [3.8, 4) is 0 Å². The summed E-state index contributed by atoms with van der Waals surface area (Å²) in [5, 5.41) is 3.69. The first-order valence-corrected chi connectivity index (χ1v) is 6.12. The van der Waals surface area contributed by atoms with Gasteiger partial charge in [0.1, 0.15) is 0 Å². The van der Waals surface area contributed by atoms with E-state index in [9.17, 15) is 0 Å². The van der Waals surface area contributed by atoms with Crippen LogP contribution in [0.2, 0.25) is 0 Å². The molecule has 1 nitrogen and oxygen atoms in total. The lowest BCUT2D eigenvalue weighted by Crippen LogP contribution is -2.61. The van der Waals surface area contributed by atoms with E-state index in [-0.39, 0.29) is 12.4 Å². The molecule has 2 rings (SSSR count). The van der Waals surface area contributed by atoms with Crippen LogP contribution in [0.1, 0.15) is 53.4 Å². The zero-order valence-corrected chi connectivity index (χ0v) is 11.6. The predicted octanol–water partition coefficient (Wildman–Crippen LogP) is 3.62. The van der Waals surface area contributed by atoms with E-state index < -0.39 is 0 Å². The number of nitrogens with one attached hydrogen (secondary N) is 1. The van der Waals surface area contributed by atoms with Crippen molar-refractivity contribution < 1.29 is 0 Å². The molecule has 2 aliphatic carbocycles. The molecule has 0 heterocycles. The molecular formula is C13H26ClN. The van der Waals surface area contributed by atoms with Crippen LogP contribution in [0, 0.1) is 16.7 Å². The molecule has 2 bridgehead atoms. The fraction of sp³-hybridized carbons (Fsp3) is 1.00. The van der Waals surface area contributed by atoms with Gasteiger partial charge in [-0.1, -0.05) is 27.7 Å². The summed E-state index contributed by atoms with van der Waals surface area (Å²) < 4.78 is 0. The Morgan fingerprint density at radius 1 is 1.27 bits per heavy atom. The average Bonchev–Trinajstić information content (AvgIpc) is 2.57. The molecule has 1 N–H and O–H groups in total. The number of halogens is 1. The molecule has 0 aliphatic heterocycles. The van der Waals surface area contributed by atoms with Crippen molar-refractivity contribution in [2.45, 2.75) is 58.9 Å². The molecule has 2 saturated carbocycles. The SMILES string of the molecule is CCC1(NC)C2(C)CCC(C2)C1(C)C.Cl. The molecule has 3 atom stereocenters. The van der Waals surface area contributed by atoms with Crippen LogP contribution in [0.25, 0.3) is 0 Å². The summed E-state index contributed by atoms with van der Waals surface area (Å²) in [7, 11) is 2.16. The van der Waals surface area contributed by atoms with Crippen LogP contribution in [0.5, 0.6) is 0 Å². The van der Waals surface area contributed by atoms with Crippen molar-refractivity contribution in [3.05, 3.63) is 0 Å². The molecular weight excluding hydrogens is 206 g/mol. The normalized spacial score (nSPS) is 46.6. The molecule has 15 heavy (non-hydrogen) atoms. The maximum absolute atomic E-state index is 3.69. The van der Waals surface area contributed by atoms with Crippen molar-refractivity contribution in [1.29, 1.82) is 0 Å². The van der Waals surface area contributed by atoms with Gasteiger partial charge in [-0.3, -0.25) is 0 Å². The second-order valence-corrected chi connectivity index (χ2v) is 6.23. The van der Waals surface area contributed by atoms with Gasteiger partial charge < -0.3 is 5.32 Å². The van der Waals surface area contributed by atoms with Gasteiger partial charge in [0.05, 0.1) is 0 Å². The van der Waals surface area contributed by atoms with Gasteiger partial charge in [0.25, 0.3) is 0 Å². The van der Waals surface area contributed by atoms with Gasteiger partial charge in [-0.15, -0.1) is 12.4 Å². The molecule has 0 spiro atoms. The van der Waals surface area contributed by atoms with Gasteiger partial charge in [-0.05, 0) is 49.5 Å². The zero-order chi connectivity index (χ0) is 10.6. The lowest BCUT2D eigenvalue weighted by atomic mass is 9.57. The van der Waals surface area contributed by atoms with E-state index in [1.165, 1.54) is 25.7 Å². The summed E-state index contributed by atoms with van der Waals surface area (Å²) >= 11 is 0. The second kappa shape index (κ2) is 3.63.